The molecule has 0 aromatic heterocycles. The molecule has 3 heteroatoms. The number of hydrogen-bond donors (Lipinski definition) is 0. The summed E-state index contributed by atoms with van der Waals surface area (Å²) in [7, 11) is 0. The first kappa shape index (κ1) is 20.1. The Morgan fingerprint density at radius 1 is 0.793 bits per heavy atom. The molecule has 4 rings (SSSR count). The fourth-order valence-corrected chi connectivity index (χ4v) is 4.14. The summed E-state index contributed by atoms with van der Waals surface area (Å²) in [5.74, 6) is 0. The van der Waals surface area contributed by atoms with E-state index in [1.807, 2.05) is 12.2 Å². The minimum atomic E-state index is 0.00671. The molecule has 0 bridgehead atoms. The fourth-order valence-electron chi connectivity index (χ4n) is 4.14. The van der Waals surface area contributed by atoms with E-state index in [2.05, 4.69) is 77.3 Å². The normalized spacial score (nSPS) is 27.2. The zero-order chi connectivity index (χ0) is 20.7. The highest BCUT2D eigenvalue weighted by Gasteiger charge is 2.49. The number of benzene rings is 2. The predicted octanol–water partition coefficient (Wildman–Crippen LogP) is 5.96. The zero-order valence-electron chi connectivity index (χ0n) is 17.7. The van der Waals surface area contributed by atoms with E-state index in [0.717, 1.165) is 11.1 Å². The van der Waals surface area contributed by atoms with Crippen LogP contribution in [0.2, 0.25) is 0 Å². The molecule has 2 aliphatic heterocycles. The molecule has 2 heterocycles. The Morgan fingerprint density at radius 2 is 1.21 bits per heavy atom. The maximum Gasteiger partial charge on any atom is 0.115 e. The van der Waals surface area contributed by atoms with E-state index >= 15 is 0 Å². The van der Waals surface area contributed by atoms with E-state index in [4.69, 9.17) is 14.2 Å². The van der Waals surface area contributed by atoms with Crippen LogP contribution in [0, 0.1) is 13.8 Å². The van der Waals surface area contributed by atoms with E-state index in [-0.39, 0.29) is 36.6 Å². The first-order valence-corrected chi connectivity index (χ1v) is 10.3. The molecule has 0 spiro atoms. The van der Waals surface area contributed by atoms with Gasteiger partial charge in [0.2, 0.25) is 0 Å². The molecule has 2 aliphatic rings. The highest BCUT2D eigenvalue weighted by Crippen LogP contribution is 2.46. The smallest absolute Gasteiger partial charge is 0.115 e. The van der Waals surface area contributed by atoms with Crippen LogP contribution in [-0.2, 0) is 14.2 Å². The van der Waals surface area contributed by atoms with Crippen molar-refractivity contribution in [1.82, 2.24) is 0 Å². The second-order valence-corrected chi connectivity index (χ2v) is 8.23. The van der Waals surface area contributed by atoms with Gasteiger partial charge in [-0.2, -0.15) is 0 Å². The van der Waals surface area contributed by atoms with Gasteiger partial charge in [0.25, 0.3) is 0 Å². The molecule has 6 atom stereocenters. The molecule has 2 fully saturated rings. The van der Waals surface area contributed by atoms with Crippen LogP contribution in [0.5, 0.6) is 0 Å². The summed E-state index contributed by atoms with van der Waals surface area (Å²) >= 11 is 0. The first-order valence-electron chi connectivity index (χ1n) is 10.3. The van der Waals surface area contributed by atoms with Crippen molar-refractivity contribution in [2.75, 3.05) is 0 Å². The summed E-state index contributed by atoms with van der Waals surface area (Å²) in [5.41, 5.74) is 7.18. The molecule has 0 radical (unpaired) electrons. The zero-order valence-corrected chi connectivity index (χ0v) is 17.7. The molecule has 29 heavy (non-hydrogen) atoms. The van der Waals surface area contributed by atoms with Crippen molar-refractivity contribution in [2.24, 2.45) is 0 Å². The quantitative estimate of drug-likeness (QED) is 0.521. The minimum absolute atomic E-state index is 0.00671. The molecule has 2 saturated heterocycles. The SMILES string of the molecule is C=Cc1ccc(C)c(C2OC2C(C)OC(C)C2OC2c2cc(C=C)ccc2C)c1. The second-order valence-electron chi connectivity index (χ2n) is 8.23. The lowest BCUT2D eigenvalue weighted by Gasteiger charge is -2.17. The molecule has 2 aromatic carbocycles. The van der Waals surface area contributed by atoms with Crippen LogP contribution >= 0.6 is 0 Å². The number of aryl methyl sites for hydroxylation is 2. The molecular weight excluding hydrogens is 360 g/mol. The van der Waals surface area contributed by atoms with Gasteiger partial charge in [0.05, 0.1) is 12.2 Å². The Balaban J connectivity index is 1.36. The third kappa shape index (κ3) is 4.09. The Morgan fingerprint density at radius 3 is 1.59 bits per heavy atom. The lowest BCUT2D eigenvalue weighted by Crippen LogP contribution is -2.26. The van der Waals surface area contributed by atoms with Crippen LogP contribution in [0.15, 0.2) is 49.6 Å². The maximum absolute atomic E-state index is 6.30. The predicted molar refractivity (Wildman–Crippen MR) is 118 cm³/mol. The minimum Gasteiger partial charge on any atom is -0.370 e. The molecule has 0 N–H and O–H groups in total. The van der Waals surface area contributed by atoms with Crippen LogP contribution < -0.4 is 0 Å². The Labute approximate surface area is 174 Å². The summed E-state index contributed by atoms with van der Waals surface area (Å²) in [5, 5.41) is 0. The van der Waals surface area contributed by atoms with Gasteiger partial charge in [0.1, 0.15) is 24.4 Å². The lowest BCUT2D eigenvalue weighted by atomic mass is 9.99. The summed E-state index contributed by atoms with van der Waals surface area (Å²) in [4.78, 5) is 0. The molecule has 152 valence electrons. The highest BCUT2D eigenvalue weighted by molar-refractivity contribution is 5.51. The molecule has 0 amide bonds. The molecular formula is C26H30O3. The standard InChI is InChI=1S/C26H30O3/c1-7-19-11-9-15(3)21(13-19)25-23(28-25)17(5)27-18(6)24-26(29-24)22-14-20(8-2)12-10-16(22)4/h7-14,17-18,23-26H,1-2H2,3-6H3. The largest absolute Gasteiger partial charge is 0.370 e. The van der Waals surface area contributed by atoms with Crippen molar-refractivity contribution in [2.45, 2.75) is 64.3 Å². The van der Waals surface area contributed by atoms with Crippen LogP contribution in [-0.4, -0.2) is 24.4 Å². The van der Waals surface area contributed by atoms with Gasteiger partial charge in [0.15, 0.2) is 0 Å². The summed E-state index contributed by atoms with van der Waals surface area (Å²) < 4.78 is 18.3. The average Bonchev–Trinajstić information content (AvgIpc) is 3.62. The van der Waals surface area contributed by atoms with Gasteiger partial charge in [-0.3, -0.25) is 0 Å². The molecule has 3 nitrogen and oxygen atoms in total. The van der Waals surface area contributed by atoms with E-state index in [0.29, 0.717) is 0 Å². The van der Waals surface area contributed by atoms with E-state index < -0.39 is 0 Å². The molecule has 0 saturated carbocycles. The van der Waals surface area contributed by atoms with E-state index in [1.165, 1.54) is 22.3 Å². The Bertz CT molecular complexity index is 856. The molecule has 0 aliphatic carbocycles. The molecule has 6 unspecified atom stereocenters. The topological polar surface area (TPSA) is 34.3 Å². The van der Waals surface area contributed by atoms with Crippen LogP contribution in [0.25, 0.3) is 12.2 Å². The number of epoxide rings is 2. The van der Waals surface area contributed by atoms with Gasteiger partial charge in [-0.25, -0.2) is 0 Å². The molecule has 2 aromatic rings. The van der Waals surface area contributed by atoms with Gasteiger partial charge in [-0.05, 0) is 73.2 Å². The lowest BCUT2D eigenvalue weighted by molar-refractivity contribution is -0.0188. The number of ether oxygens (including phenoxy) is 3. The Hall–Kier alpha value is -2.20. The van der Waals surface area contributed by atoms with Gasteiger partial charge in [0, 0.05) is 0 Å². The van der Waals surface area contributed by atoms with Gasteiger partial charge in [-0.1, -0.05) is 49.6 Å². The van der Waals surface area contributed by atoms with Crippen LogP contribution in [0.1, 0.15) is 59.4 Å². The van der Waals surface area contributed by atoms with Gasteiger partial charge < -0.3 is 14.2 Å². The first-order chi connectivity index (χ1) is 13.9. The fraction of sp³-hybridized carbons (Fsp3) is 0.385. The van der Waals surface area contributed by atoms with Crippen molar-refractivity contribution in [3.05, 3.63) is 82.9 Å². The monoisotopic (exact) mass is 390 g/mol. The second kappa shape index (κ2) is 7.91. The van der Waals surface area contributed by atoms with Crippen molar-refractivity contribution >= 4 is 12.2 Å². The highest BCUT2D eigenvalue weighted by atomic mass is 16.6. The summed E-state index contributed by atoms with van der Waals surface area (Å²) in [6.07, 6.45) is 4.11. The third-order valence-corrected chi connectivity index (χ3v) is 6.10. The number of rotatable bonds is 8. The summed E-state index contributed by atoms with van der Waals surface area (Å²) in [6, 6.07) is 12.7. The number of hydrogen-bond acceptors (Lipinski definition) is 3. The van der Waals surface area contributed by atoms with Crippen LogP contribution in [0.4, 0.5) is 0 Å². The van der Waals surface area contributed by atoms with Gasteiger partial charge in [-0.15, -0.1) is 0 Å². The van der Waals surface area contributed by atoms with E-state index in [9.17, 15) is 0 Å². The van der Waals surface area contributed by atoms with Crippen molar-refractivity contribution in [3.63, 3.8) is 0 Å². The van der Waals surface area contributed by atoms with Crippen molar-refractivity contribution < 1.29 is 14.2 Å². The Kier molecular flexibility index (Phi) is 5.48. The van der Waals surface area contributed by atoms with Gasteiger partial charge >= 0.3 is 0 Å². The third-order valence-electron chi connectivity index (χ3n) is 6.10. The summed E-state index contributed by atoms with van der Waals surface area (Å²) in [6.45, 7) is 16.2. The average molecular weight is 391 g/mol. The maximum atomic E-state index is 6.30. The van der Waals surface area contributed by atoms with E-state index in [1.54, 1.807) is 0 Å². The van der Waals surface area contributed by atoms with Crippen molar-refractivity contribution in [3.8, 4) is 0 Å². The van der Waals surface area contributed by atoms with Crippen LogP contribution in [0.3, 0.4) is 0 Å². The van der Waals surface area contributed by atoms with Crippen molar-refractivity contribution in [1.29, 1.82) is 0 Å².